The van der Waals surface area contributed by atoms with Gasteiger partial charge in [-0.1, -0.05) is 38.2 Å². The van der Waals surface area contributed by atoms with E-state index in [1.165, 1.54) is 12.0 Å². The van der Waals surface area contributed by atoms with Gasteiger partial charge in [0.1, 0.15) is 4.99 Å². The third-order valence-corrected chi connectivity index (χ3v) is 3.59. The van der Waals surface area contributed by atoms with Crippen molar-refractivity contribution in [3.8, 4) is 0 Å². The minimum Gasteiger partial charge on any atom is -0.389 e. The summed E-state index contributed by atoms with van der Waals surface area (Å²) >= 11 is 5.08. The highest BCUT2D eigenvalue weighted by Gasteiger charge is 2.45. The van der Waals surface area contributed by atoms with E-state index in [0.717, 1.165) is 11.3 Å². The van der Waals surface area contributed by atoms with E-state index >= 15 is 0 Å². The van der Waals surface area contributed by atoms with Gasteiger partial charge in [-0.15, -0.1) is 0 Å². The summed E-state index contributed by atoms with van der Waals surface area (Å²) in [6, 6.07) is 6.60. The first-order valence-corrected chi connectivity index (χ1v) is 5.98. The Bertz CT molecular complexity index is 438. The lowest BCUT2D eigenvalue weighted by Gasteiger charge is -2.15. The van der Waals surface area contributed by atoms with E-state index in [1.54, 1.807) is 0 Å². The Labute approximate surface area is 102 Å². The van der Waals surface area contributed by atoms with Crippen LogP contribution < -0.4 is 11.1 Å². The molecule has 0 saturated heterocycles. The van der Waals surface area contributed by atoms with E-state index in [9.17, 15) is 0 Å². The van der Waals surface area contributed by atoms with Gasteiger partial charge in [0.15, 0.2) is 0 Å². The second-order valence-corrected chi connectivity index (χ2v) is 5.69. The van der Waals surface area contributed by atoms with Crippen LogP contribution in [0.3, 0.4) is 0 Å². The number of hydrogen-bond acceptors (Lipinski definition) is 2. The summed E-state index contributed by atoms with van der Waals surface area (Å²) in [5, 5.41) is 3.56. The van der Waals surface area contributed by atoms with Gasteiger partial charge in [0.2, 0.25) is 0 Å². The molecule has 0 heterocycles. The quantitative estimate of drug-likeness (QED) is 0.790. The van der Waals surface area contributed by atoms with Gasteiger partial charge in [-0.05, 0) is 30.4 Å². The maximum absolute atomic E-state index is 5.74. The first kappa shape index (κ1) is 11.4. The van der Waals surface area contributed by atoms with Crippen LogP contribution in [-0.2, 0) is 0 Å². The van der Waals surface area contributed by atoms with Crippen molar-refractivity contribution in [3.05, 3.63) is 29.3 Å². The van der Waals surface area contributed by atoms with Crippen molar-refractivity contribution < 1.29 is 0 Å². The van der Waals surface area contributed by atoms with Crippen molar-refractivity contribution in [2.75, 3.05) is 5.32 Å². The Balaban J connectivity index is 2.29. The van der Waals surface area contributed by atoms with Crippen molar-refractivity contribution in [1.82, 2.24) is 0 Å². The smallest absolute Gasteiger partial charge is 0.106 e. The van der Waals surface area contributed by atoms with Gasteiger partial charge in [0.25, 0.3) is 0 Å². The van der Waals surface area contributed by atoms with Crippen LogP contribution in [0.1, 0.15) is 31.4 Å². The number of para-hydroxylation sites is 1. The summed E-state index contributed by atoms with van der Waals surface area (Å²) in [5.41, 5.74) is 9.40. The predicted molar refractivity (Wildman–Crippen MR) is 72.9 cm³/mol. The van der Waals surface area contributed by atoms with Crippen LogP contribution in [0.2, 0.25) is 0 Å². The van der Waals surface area contributed by atoms with E-state index in [4.69, 9.17) is 18.0 Å². The van der Waals surface area contributed by atoms with Gasteiger partial charge >= 0.3 is 0 Å². The van der Waals surface area contributed by atoms with E-state index in [1.807, 2.05) is 12.1 Å². The van der Waals surface area contributed by atoms with Gasteiger partial charge in [0.05, 0.1) is 0 Å². The monoisotopic (exact) mass is 234 g/mol. The molecule has 1 aromatic rings. The number of thiocarbonyl (C=S) groups is 1. The third kappa shape index (κ3) is 2.05. The Hall–Kier alpha value is -1.09. The molecule has 3 heteroatoms. The number of aryl methyl sites for hydroxylation is 1. The van der Waals surface area contributed by atoms with Crippen LogP contribution in [0.15, 0.2) is 18.2 Å². The molecule has 0 radical (unpaired) electrons. The third-order valence-electron chi connectivity index (χ3n) is 3.37. The lowest BCUT2D eigenvalue weighted by atomic mass is 10.1. The molecule has 2 rings (SSSR count). The zero-order valence-electron chi connectivity index (χ0n) is 10.0. The van der Waals surface area contributed by atoms with E-state index in [0.29, 0.717) is 16.4 Å². The summed E-state index contributed by atoms with van der Waals surface area (Å²) in [6.45, 7) is 6.62. The summed E-state index contributed by atoms with van der Waals surface area (Å²) in [7, 11) is 0. The topological polar surface area (TPSA) is 38.0 Å². The largest absolute Gasteiger partial charge is 0.389 e. The van der Waals surface area contributed by atoms with Gasteiger partial charge in [-0.25, -0.2) is 0 Å². The molecular weight excluding hydrogens is 216 g/mol. The Kier molecular flexibility index (Phi) is 2.66. The maximum Gasteiger partial charge on any atom is 0.106 e. The molecule has 2 nitrogen and oxygen atoms in total. The molecule has 1 atom stereocenters. The van der Waals surface area contributed by atoms with E-state index in [-0.39, 0.29) is 0 Å². The van der Waals surface area contributed by atoms with Crippen LogP contribution in [0.4, 0.5) is 5.69 Å². The van der Waals surface area contributed by atoms with Crippen LogP contribution in [-0.4, -0.2) is 11.0 Å². The van der Waals surface area contributed by atoms with Crippen LogP contribution in [0.5, 0.6) is 0 Å². The minimum atomic E-state index is 0.399. The number of nitrogens with one attached hydrogen (secondary N) is 1. The van der Waals surface area contributed by atoms with E-state index in [2.05, 4.69) is 32.2 Å². The first-order chi connectivity index (χ1) is 7.42. The lowest BCUT2D eigenvalue weighted by molar-refractivity contribution is 0.630. The molecule has 0 aromatic heterocycles. The Morgan fingerprint density at radius 2 is 2.12 bits per heavy atom. The van der Waals surface area contributed by atoms with Crippen LogP contribution >= 0.6 is 12.2 Å². The van der Waals surface area contributed by atoms with Crippen molar-refractivity contribution in [1.29, 1.82) is 0 Å². The zero-order chi connectivity index (χ0) is 11.9. The van der Waals surface area contributed by atoms with Crippen LogP contribution in [0, 0.1) is 12.3 Å². The Morgan fingerprint density at radius 3 is 2.62 bits per heavy atom. The predicted octanol–water partition coefficient (Wildman–Crippen LogP) is 2.84. The average molecular weight is 234 g/mol. The Morgan fingerprint density at radius 1 is 1.50 bits per heavy atom. The van der Waals surface area contributed by atoms with Gasteiger partial charge in [0, 0.05) is 17.3 Å². The molecule has 1 fully saturated rings. The number of anilines is 1. The first-order valence-electron chi connectivity index (χ1n) is 5.58. The molecule has 0 spiro atoms. The molecule has 0 bridgehead atoms. The van der Waals surface area contributed by atoms with E-state index < -0.39 is 0 Å². The summed E-state index contributed by atoms with van der Waals surface area (Å²) in [5.74, 6) is 0. The van der Waals surface area contributed by atoms with Crippen molar-refractivity contribution in [3.63, 3.8) is 0 Å². The molecule has 16 heavy (non-hydrogen) atoms. The fraction of sp³-hybridized carbons (Fsp3) is 0.462. The fourth-order valence-corrected chi connectivity index (χ4v) is 2.12. The molecule has 3 N–H and O–H groups in total. The van der Waals surface area contributed by atoms with Crippen molar-refractivity contribution in [2.45, 2.75) is 33.2 Å². The van der Waals surface area contributed by atoms with Crippen molar-refractivity contribution in [2.24, 2.45) is 11.1 Å². The number of hydrogen-bond donors (Lipinski definition) is 2. The summed E-state index contributed by atoms with van der Waals surface area (Å²) < 4.78 is 0. The van der Waals surface area contributed by atoms with Gasteiger partial charge in [-0.2, -0.15) is 0 Å². The molecule has 1 aromatic carbocycles. The van der Waals surface area contributed by atoms with Gasteiger partial charge in [-0.3, -0.25) is 0 Å². The zero-order valence-corrected chi connectivity index (χ0v) is 10.8. The normalized spacial score (nSPS) is 21.6. The number of rotatable bonds is 3. The standard InChI is InChI=1S/C13H18N2S/c1-8-5-4-6-9(12(14)16)11(8)15-10-7-13(10,2)3/h4-6,10,15H,7H2,1-3H3,(H2,14,16). The maximum atomic E-state index is 5.74. The average Bonchev–Trinajstić information content (AvgIpc) is 2.77. The number of benzene rings is 1. The molecule has 1 aliphatic carbocycles. The molecular formula is C13H18N2S. The van der Waals surface area contributed by atoms with Gasteiger partial charge < -0.3 is 11.1 Å². The molecule has 1 aliphatic rings. The fourth-order valence-electron chi connectivity index (χ4n) is 1.95. The highest BCUT2D eigenvalue weighted by Crippen LogP contribution is 2.47. The second-order valence-electron chi connectivity index (χ2n) is 5.25. The molecule has 1 saturated carbocycles. The summed E-state index contributed by atoms with van der Waals surface area (Å²) in [6.07, 6.45) is 1.21. The molecule has 0 aliphatic heterocycles. The highest BCUT2D eigenvalue weighted by molar-refractivity contribution is 7.80. The number of nitrogens with two attached hydrogens (primary N) is 1. The molecule has 1 unspecified atom stereocenters. The molecule has 86 valence electrons. The minimum absolute atomic E-state index is 0.399. The lowest BCUT2D eigenvalue weighted by Crippen LogP contribution is -2.17. The second kappa shape index (κ2) is 3.74. The van der Waals surface area contributed by atoms with Crippen LogP contribution in [0.25, 0.3) is 0 Å². The molecule has 0 amide bonds. The van der Waals surface area contributed by atoms with Crippen molar-refractivity contribution >= 4 is 22.9 Å². The summed E-state index contributed by atoms with van der Waals surface area (Å²) in [4.78, 5) is 0.463. The highest BCUT2D eigenvalue weighted by atomic mass is 32.1. The SMILES string of the molecule is Cc1cccc(C(N)=S)c1NC1CC1(C)C.